The van der Waals surface area contributed by atoms with Crippen LogP contribution in [0.15, 0.2) is 53.6 Å². The minimum atomic E-state index is -0.0525. The van der Waals surface area contributed by atoms with Crippen molar-refractivity contribution in [2.24, 2.45) is 0 Å². The van der Waals surface area contributed by atoms with E-state index in [1.54, 1.807) is 4.90 Å². The average Bonchev–Trinajstić information content (AvgIpc) is 3.14. The van der Waals surface area contributed by atoms with Crippen molar-refractivity contribution in [2.45, 2.75) is 33.7 Å². The van der Waals surface area contributed by atoms with Gasteiger partial charge < -0.3 is 4.57 Å². The van der Waals surface area contributed by atoms with Gasteiger partial charge in [0.15, 0.2) is 4.32 Å². The summed E-state index contributed by atoms with van der Waals surface area (Å²) in [5.74, 6) is -0.0525. The number of nitrogens with zero attached hydrogens (tertiary/aromatic N) is 2. The van der Waals surface area contributed by atoms with Crippen molar-refractivity contribution in [1.82, 2.24) is 4.57 Å². The maximum absolute atomic E-state index is 13.2. The van der Waals surface area contributed by atoms with Crippen LogP contribution in [0.25, 0.3) is 17.0 Å². The van der Waals surface area contributed by atoms with Crippen LogP contribution in [-0.2, 0) is 4.79 Å². The number of carbonyl (C=O) groups excluding carboxylic acids is 1. The van der Waals surface area contributed by atoms with Crippen molar-refractivity contribution < 1.29 is 4.79 Å². The van der Waals surface area contributed by atoms with E-state index in [0.29, 0.717) is 15.3 Å². The summed E-state index contributed by atoms with van der Waals surface area (Å²) in [6.45, 7) is 8.39. The smallest absolute Gasteiger partial charge is 0.270 e. The van der Waals surface area contributed by atoms with Crippen LogP contribution >= 0.6 is 24.0 Å². The Morgan fingerprint density at radius 3 is 2.57 bits per heavy atom. The first-order valence-electron chi connectivity index (χ1n) is 9.31. The highest BCUT2D eigenvalue weighted by Gasteiger charge is 2.34. The Morgan fingerprint density at radius 1 is 1.11 bits per heavy atom. The molecule has 1 amide bonds. The predicted molar refractivity (Wildman–Crippen MR) is 124 cm³/mol. The van der Waals surface area contributed by atoms with Gasteiger partial charge >= 0.3 is 0 Å². The molecule has 5 heteroatoms. The lowest BCUT2D eigenvalue weighted by Crippen LogP contribution is -2.28. The lowest BCUT2D eigenvalue weighted by Gasteiger charge is -2.17. The third-order valence-electron chi connectivity index (χ3n) is 5.00. The Balaban J connectivity index is 1.77. The average molecular weight is 407 g/mol. The summed E-state index contributed by atoms with van der Waals surface area (Å²) in [4.78, 5) is 15.5. The molecule has 2 aromatic carbocycles. The number of thioether (sulfide) groups is 1. The van der Waals surface area contributed by atoms with Crippen LogP contribution in [0.4, 0.5) is 5.69 Å². The summed E-state index contributed by atoms with van der Waals surface area (Å²) >= 11 is 6.92. The molecule has 3 nitrogen and oxygen atoms in total. The highest BCUT2D eigenvalue weighted by atomic mass is 32.2. The van der Waals surface area contributed by atoms with Gasteiger partial charge in [0.05, 0.1) is 10.6 Å². The van der Waals surface area contributed by atoms with Crippen LogP contribution in [0, 0.1) is 13.8 Å². The molecule has 0 atom stereocenters. The normalized spacial score (nSPS) is 16.2. The molecule has 0 bridgehead atoms. The lowest BCUT2D eigenvalue weighted by atomic mass is 10.1. The number of para-hydroxylation sites is 1. The molecular formula is C23H22N2OS2. The zero-order valence-electron chi connectivity index (χ0n) is 16.4. The number of thiocarbonyl (C=S) groups is 1. The zero-order chi connectivity index (χ0) is 20.0. The number of anilines is 1. The molecule has 142 valence electrons. The fourth-order valence-electron chi connectivity index (χ4n) is 3.65. The van der Waals surface area contributed by atoms with Gasteiger partial charge in [0.2, 0.25) is 0 Å². The molecular weight excluding hydrogens is 384 g/mol. The number of benzene rings is 2. The monoisotopic (exact) mass is 406 g/mol. The van der Waals surface area contributed by atoms with E-state index >= 15 is 0 Å². The van der Waals surface area contributed by atoms with Crippen molar-refractivity contribution in [1.29, 1.82) is 0 Å². The highest BCUT2D eigenvalue weighted by molar-refractivity contribution is 8.27. The van der Waals surface area contributed by atoms with E-state index in [-0.39, 0.29) is 5.91 Å². The second kappa shape index (κ2) is 7.22. The van der Waals surface area contributed by atoms with Crippen LogP contribution in [0.5, 0.6) is 0 Å². The van der Waals surface area contributed by atoms with Crippen molar-refractivity contribution >= 4 is 56.9 Å². The van der Waals surface area contributed by atoms with E-state index < -0.39 is 0 Å². The van der Waals surface area contributed by atoms with E-state index in [4.69, 9.17) is 12.2 Å². The van der Waals surface area contributed by atoms with E-state index in [1.165, 1.54) is 22.8 Å². The first-order chi connectivity index (χ1) is 13.4. The highest BCUT2D eigenvalue weighted by Crippen LogP contribution is 2.38. The minimum absolute atomic E-state index is 0.0525. The molecule has 2 heterocycles. The number of amides is 1. The molecule has 28 heavy (non-hydrogen) atoms. The molecule has 4 rings (SSSR count). The van der Waals surface area contributed by atoms with Gasteiger partial charge in [-0.2, -0.15) is 0 Å². The topological polar surface area (TPSA) is 25.2 Å². The van der Waals surface area contributed by atoms with Gasteiger partial charge in [-0.3, -0.25) is 9.69 Å². The largest absolute Gasteiger partial charge is 0.344 e. The second-order valence-corrected chi connectivity index (χ2v) is 9.09. The van der Waals surface area contributed by atoms with Gasteiger partial charge in [-0.25, -0.2) is 0 Å². The summed E-state index contributed by atoms with van der Waals surface area (Å²) in [6.07, 6.45) is 4.10. The number of aryl methyl sites for hydroxylation is 2. The Labute approximate surface area is 175 Å². The summed E-state index contributed by atoms with van der Waals surface area (Å²) in [7, 11) is 0. The number of fused-ring (bicyclic) bond motifs is 1. The van der Waals surface area contributed by atoms with Crippen LogP contribution in [-0.4, -0.2) is 14.8 Å². The van der Waals surface area contributed by atoms with E-state index in [9.17, 15) is 4.79 Å². The van der Waals surface area contributed by atoms with E-state index in [2.05, 4.69) is 42.8 Å². The lowest BCUT2D eigenvalue weighted by molar-refractivity contribution is -0.113. The van der Waals surface area contributed by atoms with Gasteiger partial charge in [0.1, 0.15) is 0 Å². The number of hydrogen-bond donors (Lipinski definition) is 0. The number of aromatic nitrogens is 1. The molecule has 1 fully saturated rings. The maximum atomic E-state index is 13.2. The first-order valence-corrected chi connectivity index (χ1v) is 10.5. The molecule has 1 saturated heterocycles. The van der Waals surface area contributed by atoms with E-state index in [0.717, 1.165) is 22.2 Å². The van der Waals surface area contributed by atoms with E-state index in [1.807, 2.05) is 44.2 Å². The molecule has 1 aromatic heterocycles. The zero-order valence-corrected chi connectivity index (χ0v) is 18.0. The summed E-state index contributed by atoms with van der Waals surface area (Å²) < 4.78 is 2.82. The Morgan fingerprint density at radius 2 is 1.86 bits per heavy atom. The van der Waals surface area contributed by atoms with Gasteiger partial charge in [-0.15, -0.1) is 0 Å². The summed E-state index contributed by atoms with van der Waals surface area (Å²) in [6, 6.07) is 14.7. The quantitative estimate of drug-likeness (QED) is 0.380. The molecule has 0 saturated carbocycles. The van der Waals surface area contributed by atoms with Gasteiger partial charge in [-0.05, 0) is 51.5 Å². The molecule has 0 radical (unpaired) electrons. The molecule has 0 spiro atoms. The molecule has 0 aliphatic carbocycles. The first kappa shape index (κ1) is 19.0. The van der Waals surface area contributed by atoms with Crippen molar-refractivity contribution in [2.75, 3.05) is 4.90 Å². The minimum Gasteiger partial charge on any atom is -0.344 e. The number of carbonyl (C=O) groups is 1. The van der Waals surface area contributed by atoms with Gasteiger partial charge in [0.25, 0.3) is 5.91 Å². The maximum Gasteiger partial charge on any atom is 0.270 e. The van der Waals surface area contributed by atoms with Gasteiger partial charge in [-0.1, -0.05) is 59.9 Å². The molecule has 0 N–H and O–H groups in total. The van der Waals surface area contributed by atoms with Crippen LogP contribution in [0.1, 0.15) is 36.6 Å². The Hall–Kier alpha value is -2.37. The van der Waals surface area contributed by atoms with Gasteiger partial charge in [0, 0.05) is 28.7 Å². The predicted octanol–water partition coefficient (Wildman–Crippen LogP) is 6.24. The van der Waals surface area contributed by atoms with Crippen molar-refractivity contribution in [3.05, 3.63) is 70.3 Å². The fourth-order valence-corrected chi connectivity index (χ4v) is 4.92. The third kappa shape index (κ3) is 3.19. The number of rotatable bonds is 3. The summed E-state index contributed by atoms with van der Waals surface area (Å²) in [5, 5.41) is 1.15. The second-order valence-electron chi connectivity index (χ2n) is 7.41. The fraction of sp³-hybridized carbons (Fsp3) is 0.217. The Kier molecular flexibility index (Phi) is 4.89. The molecule has 0 unspecified atom stereocenters. The van der Waals surface area contributed by atoms with Crippen LogP contribution < -0.4 is 4.90 Å². The van der Waals surface area contributed by atoms with Crippen molar-refractivity contribution in [3.8, 4) is 0 Å². The molecule has 1 aliphatic rings. The van der Waals surface area contributed by atoms with Crippen molar-refractivity contribution in [3.63, 3.8) is 0 Å². The summed E-state index contributed by atoms with van der Waals surface area (Å²) in [5.41, 5.74) is 5.30. The molecule has 1 aliphatic heterocycles. The number of hydrogen-bond acceptors (Lipinski definition) is 3. The Bertz CT molecular complexity index is 1140. The third-order valence-corrected chi connectivity index (χ3v) is 6.30. The SMILES string of the molecule is Cc1ccc(N2C(=O)/C(=C/c3cn(C(C)C)c4ccccc34)SC2=S)c(C)c1. The van der Waals surface area contributed by atoms with Crippen LogP contribution in [0.2, 0.25) is 0 Å². The standard InChI is InChI=1S/C23H22N2OS2/c1-14(2)24-13-17(18-7-5-6-8-20(18)24)12-21-22(26)25(23(27)28-21)19-10-9-15(3)11-16(19)4/h5-14H,1-4H3/b21-12-. The van der Waals surface area contributed by atoms with Crippen LogP contribution in [0.3, 0.4) is 0 Å². The molecule has 3 aromatic rings.